The molecule has 3 N–H and O–H groups in total. The number of carbonyl (C=O) groups excluding carboxylic acids is 2. The van der Waals surface area contributed by atoms with E-state index in [2.05, 4.69) is 10.6 Å². The van der Waals surface area contributed by atoms with Gasteiger partial charge in [-0.05, 0) is 31.0 Å². The molecule has 7 nitrogen and oxygen atoms in total. The first-order chi connectivity index (χ1) is 10.9. The van der Waals surface area contributed by atoms with Crippen molar-refractivity contribution in [1.82, 2.24) is 5.32 Å². The zero-order valence-electron chi connectivity index (χ0n) is 13.3. The van der Waals surface area contributed by atoms with Gasteiger partial charge in [0.25, 0.3) is 0 Å². The predicted octanol–water partition coefficient (Wildman–Crippen LogP) is 2.03. The van der Waals surface area contributed by atoms with Gasteiger partial charge in [0, 0.05) is 19.9 Å². The third-order valence-corrected chi connectivity index (χ3v) is 3.19. The van der Waals surface area contributed by atoms with Crippen LogP contribution in [0, 0.1) is 0 Å². The van der Waals surface area contributed by atoms with E-state index in [9.17, 15) is 19.5 Å². The molecule has 23 heavy (non-hydrogen) atoms. The SMILES string of the molecule is COc1ccc(NC(=O)CCCCCNC(C)=O)c(C(=O)O)c1. The molecular formula is C16H22N2O5. The monoisotopic (exact) mass is 322 g/mol. The molecule has 0 aliphatic carbocycles. The average molecular weight is 322 g/mol. The van der Waals surface area contributed by atoms with E-state index >= 15 is 0 Å². The fourth-order valence-electron chi connectivity index (χ4n) is 2.00. The standard InChI is InChI=1S/C16H22N2O5/c1-11(19)17-9-5-3-4-6-15(20)18-14-8-7-12(23-2)10-13(14)16(21)22/h7-8,10H,3-6,9H2,1-2H3,(H,17,19)(H,18,20)(H,21,22). The Morgan fingerprint density at radius 2 is 1.91 bits per heavy atom. The van der Waals surface area contributed by atoms with Crippen LogP contribution in [0.15, 0.2) is 18.2 Å². The molecule has 0 aliphatic rings. The summed E-state index contributed by atoms with van der Waals surface area (Å²) in [6, 6.07) is 4.47. The number of rotatable bonds is 9. The van der Waals surface area contributed by atoms with E-state index < -0.39 is 5.97 Å². The maximum Gasteiger partial charge on any atom is 0.337 e. The number of benzene rings is 1. The highest BCUT2D eigenvalue weighted by Gasteiger charge is 2.13. The van der Waals surface area contributed by atoms with Crippen LogP contribution in [0.3, 0.4) is 0 Å². The van der Waals surface area contributed by atoms with Crippen molar-refractivity contribution in [2.24, 2.45) is 0 Å². The number of carboxylic acids is 1. The molecule has 0 atom stereocenters. The van der Waals surface area contributed by atoms with Crippen molar-refractivity contribution in [3.05, 3.63) is 23.8 Å². The molecule has 0 aliphatic heterocycles. The first-order valence-corrected chi connectivity index (χ1v) is 7.39. The van der Waals surface area contributed by atoms with Crippen molar-refractivity contribution in [3.63, 3.8) is 0 Å². The Morgan fingerprint density at radius 3 is 2.52 bits per heavy atom. The fourth-order valence-corrected chi connectivity index (χ4v) is 2.00. The summed E-state index contributed by atoms with van der Waals surface area (Å²) < 4.78 is 4.98. The van der Waals surface area contributed by atoms with E-state index in [1.807, 2.05) is 0 Å². The maximum atomic E-state index is 11.9. The van der Waals surface area contributed by atoms with Crippen molar-refractivity contribution < 1.29 is 24.2 Å². The van der Waals surface area contributed by atoms with Crippen LogP contribution in [0.25, 0.3) is 0 Å². The van der Waals surface area contributed by atoms with E-state index in [1.165, 1.54) is 26.2 Å². The summed E-state index contributed by atoms with van der Waals surface area (Å²) in [5.74, 6) is -1.02. The number of methoxy groups -OCH3 is 1. The van der Waals surface area contributed by atoms with Gasteiger partial charge in [0.1, 0.15) is 5.75 Å². The van der Waals surface area contributed by atoms with E-state index in [1.54, 1.807) is 6.07 Å². The molecular weight excluding hydrogens is 300 g/mol. The number of aromatic carboxylic acids is 1. The van der Waals surface area contributed by atoms with Gasteiger partial charge in [0.15, 0.2) is 0 Å². The minimum Gasteiger partial charge on any atom is -0.497 e. The molecule has 126 valence electrons. The molecule has 0 saturated carbocycles. The lowest BCUT2D eigenvalue weighted by molar-refractivity contribution is -0.119. The highest BCUT2D eigenvalue weighted by atomic mass is 16.5. The van der Waals surface area contributed by atoms with E-state index in [0.29, 0.717) is 25.1 Å². The minimum absolute atomic E-state index is 0.0108. The van der Waals surface area contributed by atoms with Crippen LogP contribution in [-0.4, -0.2) is 36.5 Å². The topological polar surface area (TPSA) is 105 Å². The lowest BCUT2D eigenvalue weighted by Gasteiger charge is -2.10. The number of amides is 2. The van der Waals surface area contributed by atoms with Crippen molar-refractivity contribution in [2.75, 3.05) is 19.0 Å². The number of hydrogen-bond acceptors (Lipinski definition) is 4. The van der Waals surface area contributed by atoms with Gasteiger partial charge in [0.2, 0.25) is 11.8 Å². The quantitative estimate of drug-likeness (QED) is 0.603. The zero-order chi connectivity index (χ0) is 17.2. The number of ether oxygens (including phenoxy) is 1. The van der Waals surface area contributed by atoms with Crippen molar-refractivity contribution in [2.45, 2.75) is 32.6 Å². The summed E-state index contributed by atoms with van der Waals surface area (Å²) in [6.45, 7) is 2.06. The molecule has 2 amide bonds. The molecule has 0 fully saturated rings. The van der Waals surface area contributed by atoms with Gasteiger partial charge in [-0.1, -0.05) is 6.42 Å². The molecule has 0 heterocycles. The zero-order valence-corrected chi connectivity index (χ0v) is 13.3. The Hall–Kier alpha value is -2.57. The highest BCUT2D eigenvalue weighted by molar-refractivity contribution is 6.00. The Bertz CT molecular complexity index is 572. The van der Waals surface area contributed by atoms with Crippen LogP contribution in [0.2, 0.25) is 0 Å². The molecule has 0 unspecified atom stereocenters. The molecule has 0 aromatic heterocycles. The van der Waals surface area contributed by atoms with Crippen LogP contribution >= 0.6 is 0 Å². The minimum atomic E-state index is -1.13. The third-order valence-electron chi connectivity index (χ3n) is 3.19. The first-order valence-electron chi connectivity index (χ1n) is 7.39. The Kier molecular flexibility index (Phi) is 7.59. The molecule has 0 bridgehead atoms. The second kappa shape index (κ2) is 9.45. The smallest absolute Gasteiger partial charge is 0.337 e. The number of hydrogen-bond donors (Lipinski definition) is 3. The normalized spacial score (nSPS) is 10.0. The van der Waals surface area contributed by atoms with Crippen LogP contribution < -0.4 is 15.4 Å². The van der Waals surface area contributed by atoms with E-state index in [0.717, 1.165) is 12.8 Å². The molecule has 1 rings (SSSR count). The lowest BCUT2D eigenvalue weighted by atomic mass is 10.1. The maximum absolute atomic E-state index is 11.9. The van der Waals surface area contributed by atoms with Crippen LogP contribution in [0.5, 0.6) is 5.75 Å². The van der Waals surface area contributed by atoms with Crippen molar-refractivity contribution in [3.8, 4) is 5.75 Å². The van der Waals surface area contributed by atoms with Crippen LogP contribution in [-0.2, 0) is 9.59 Å². The highest BCUT2D eigenvalue weighted by Crippen LogP contribution is 2.22. The summed E-state index contributed by atoms with van der Waals surface area (Å²) in [6.07, 6.45) is 2.58. The largest absolute Gasteiger partial charge is 0.497 e. The summed E-state index contributed by atoms with van der Waals surface area (Å²) in [5.41, 5.74) is 0.241. The lowest BCUT2D eigenvalue weighted by Crippen LogP contribution is -2.20. The second-order valence-corrected chi connectivity index (χ2v) is 5.06. The predicted molar refractivity (Wildman–Crippen MR) is 85.7 cm³/mol. The van der Waals surface area contributed by atoms with Gasteiger partial charge >= 0.3 is 5.97 Å². The Balaban J connectivity index is 2.45. The van der Waals surface area contributed by atoms with Crippen LogP contribution in [0.1, 0.15) is 43.0 Å². The van der Waals surface area contributed by atoms with E-state index in [4.69, 9.17) is 4.74 Å². The van der Waals surface area contributed by atoms with Gasteiger partial charge in [-0.15, -0.1) is 0 Å². The van der Waals surface area contributed by atoms with Crippen LogP contribution in [0.4, 0.5) is 5.69 Å². The number of carboxylic acid groups (broad SMARTS) is 1. The molecule has 0 saturated heterocycles. The van der Waals surface area contributed by atoms with Crippen molar-refractivity contribution >= 4 is 23.5 Å². The van der Waals surface area contributed by atoms with E-state index in [-0.39, 0.29) is 23.1 Å². The summed E-state index contributed by atoms with van der Waals surface area (Å²) in [4.78, 5) is 33.8. The summed E-state index contributed by atoms with van der Waals surface area (Å²) >= 11 is 0. The Labute approximate surface area is 135 Å². The first kappa shape index (κ1) is 18.5. The van der Waals surface area contributed by atoms with Gasteiger partial charge < -0.3 is 20.5 Å². The second-order valence-electron chi connectivity index (χ2n) is 5.06. The molecule has 1 aromatic carbocycles. The summed E-state index contributed by atoms with van der Waals surface area (Å²) in [7, 11) is 1.44. The molecule has 7 heteroatoms. The molecule has 0 spiro atoms. The Morgan fingerprint density at radius 1 is 1.17 bits per heavy atom. The van der Waals surface area contributed by atoms with Crippen molar-refractivity contribution in [1.29, 1.82) is 0 Å². The molecule has 0 radical (unpaired) electrons. The number of unbranched alkanes of at least 4 members (excludes halogenated alkanes) is 2. The number of carbonyl (C=O) groups is 3. The van der Waals surface area contributed by atoms with Gasteiger partial charge in [-0.3, -0.25) is 9.59 Å². The fraction of sp³-hybridized carbons (Fsp3) is 0.438. The third kappa shape index (κ3) is 6.82. The van der Waals surface area contributed by atoms with Gasteiger partial charge in [0.05, 0.1) is 18.4 Å². The van der Waals surface area contributed by atoms with Gasteiger partial charge in [-0.25, -0.2) is 4.79 Å². The summed E-state index contributed by atoms with van der Waals surface area (Å²) in [5, 5.41) is 14.5. The van der Waals surface area contributed by atoms with Gasteiger partial charge in [-0.2, -0.15) is 0 Å². The number of anilines is 1. The number of nitrogens with one attached hydrogen (secondary N) is 2. The average Bonchev–Trinajstić information content (AvgIpc) is 2.50. The molecule has 1 aromatic rings.